The van der Waals surface area contributed by atoms with Crippen LogP contribution in [0.2, 0.25) is 0 Å². The molecule has 1 aromatic carbocycles. The smallest absolute Gasteiger partial charge is 0.316 e. The van der Waals surface area contributed by atoms with E-state index in [1.165, 1.54) is 11.1 Å². The molecule has 0 N–H and O–H groups in total. The molecule has 0 aliphatic heterocycles. The molecule has 108 valence electrons. The molecule has 1 aromatic rings. The molecular weight excluding hydrogens is 252 g/mol. The summed E-state index contributed by atoms with van der Waals surface area (Å²) in [6, 6.07) is 8.13. The fourth-order valence-electron chi connectivity index (χ4n) is 2.96. The normalized spacial score (nSPS) is 16.0. The van der Waals surface area contributed by atoms with Crippen LogP contribution >= 0.6 is 0 Å². The minimum Gasteiger partial charge on any atom is -0.465 e. The van der Waals surface area contributed by atoms with E-state index < -0.39 is 5.92 Å². The maximum absolute atomic E-state index is 12.7. The van der Waals surface area contributed by atoms with Gasteiger partial charge in [-0.2, -0.15) is 0 Å². The fraction of sp³-hybridized carbons (Fsp3) is 0.529. The Bertz CT molecular complexity index is 480. The molecule has 0 amide bonds. The monoisotopic (exact) mass is 274 g/mol. The van der Waals surface area contributed by atoms with Crippen molar-refractivity contribution in [2.24, 2.45) is 17.8 Å². The molecule has 1 atom stereocenters. The maximum Gasteiger partial charge on any atom is 0.316 e. The fourth-order valence-corrected chi connectivity index (χ4v) is 2.96. The third-order valence-corrected chi connectivity index (χ3v) is 3.97. The van der Waals surface area contributed by atoms with Gasteiger partial charge in [0, 0.05) is 5.92 Å². The number of rotatable bonds is 5. The maximum atomic E-state index is 12.7. The molecule has 1 aliphatic carbocycles. The summed E-state index contributed by atoms with van der Waals surface area (Å²) in [5.74, 6) is -1.07. The van der Waals surface area contributed by atoms with E-state index in [0.29, 0.717) is 6.61 Å². The van der Waals surface area contributed by atoms with E-state index >= 15 is 0 Å². The van der Waals surface area contributed by atoms with Crippen LogP contribution in [0.5, 0.6) is 0 Å². The van der Waals surface area contributed by atoms with Crippen molar-refractivity contribution in [1.82, 2.24) is 0 Å². The van der Waals surface area contributed by atoms with E-state index in [1.54, 1.807) is 6.92 Å². The Labute approximate surface area is 120 Å². The Morgan fingerprint density at radius 2 is 1.75 bits per heavy atom. The van der Waals surface area contributed by atoms with Crippen molar-refractivity contribution >= 4 is 11.8 Å². The Morgan fingerprint density at radius 3 is 2.20 bits per heavy atom. The highest BCUT2D eigenvalue weighted by atomic mass is 16.5. The van der Waals surface area contributed by atoms with Gasteiger partial charge in [-0.15, -0.1) is 0 Å². The van der Waals surface area contributed by atoms with Gasteiger partial charge >= 0.3 is 5.97 Å². The number of esters is 1. The predicted octanol–water partition coefficient (Wildman–Crippen LogP) is 2.81. The summed E-state index contributed by atoms with van der Waals surface area (Å²) in [5.41, 5.74) is 2.47. The van der Waals surface area contributed by atoms with Gasteiger partial charge in [0.25, 0.3) is 0 Å². The first kappa shape index (κ1) is 14.8. The molecule has 0 bridgehead atoms. The van der Waals surface area contributed by atoms with Gasteiger partial charge in [0.05, 0.1) is 6.61 Å². The first-order valence-corrected chi connectivity index (χ1v) is 7.31. The van der Waals surface area contributed by atoms with Crippen molar-refractivity contribution in [3.63, 3.8) is 0 Å². The van der Waals surface area contributed by atoms with E-state index in [4.69, 9.17) is 4.74 Å². The molecule has 0 spiro atoms. The molecule has 2 rings (SSSR count). The quantitative estimate of drug-likeness (QED) is 0.612. The molecule has 0 fully saturated rings. The zero-order valence-corrected chi connectivity index (χ0v) is 12.4. The van der Waals surface area contributed by atoms with Crippen LogP contribution in [-0.2, 0) is 27.2 Å². The van der Waals surface area contributed by atoms with Crippen molar-refractivity contribution in [1.29, 1.82) is 0 Å². The van der Waals surface area contributed by atoms with E-state index in [-0.39, 0.29) is 23.6 Å². The lowest BCUT2D eigenvalue weighted by atomic mass is 9.83. The topological polar surface area (TPSA) is 43.4 Å². The molecule has 0 saturated carbocycles. The van der Waals surface area contributed by atoms with Gasteiger partial charge in [-0.1, -0.05) is 38.1 Å². The van der Waals surface area contributed by atoms with Gasteiger partial charge in [-0.05, 0) is 36.8 Å². The van der Waals surface area contributed by atoms with Gasteiger partial charge < -0.3 is 4.74 Å². The Balaban J connectivity index is 2.12. The van der Waals surface area contributed by atoms with Gasteiger partial charge in [-0.25, -0.2) is 0 Å². The lowest BCUT2D eigenvalue weighted by Gasteiger charge is -2.21. The predicted molar refractivity (Wildman–Crippen MR) is 77.3 cm³/mol. The SMILES string of the molecule is CCOC(=O)C(C(=O)C1Cc2ccccc2C1)C(C)C. The minimum absolute atomic E-state index is 0.0229. The molecule has 3 heteroatoms. The minimum atomic E-state index is -0.630. The molecule has 0 aromatic heterocycles. The Kier molecular flexibility index (Phi) is 4.58. The number of carbonyl (C=O) groups excluding carboxylic acids is 2. The van der Waals surface area contributed by atoms with E-state index in [0.717, 1.165) is 12.8 Å². The second kappa shape index (κ2) is 6.21. The average Bonchev–Trinajstić information content (AvgIpc) is 2.82. The van der Waals surface area contributed by atoms with Gasteiger partial charge in [0.15, 0.2) is 5.78 Å². The Morgan fingerprint density at radius 1 is 1.20 bits per heavy atom. The van der Waals surface area contributed by atoms with Crippen molar-refractivity contribution in [2.45, 2.75) is 33.6 Å². The van der Waals surface area contributed by atoms with E-state index in [1.807, 2.05) is 26.0 Å². The lowest BCUT2D eigenvalue weighted by molar-refractivity contribution is -0.154. The largest absolute Gasteiger partial charge is 0.465 e. The Hall–Kier alpha value is -1.64. The second-order valence-corrected chi connectivity index (χ2v) is 5.75. The molecular formula is C17H22O3. The lowest BCUT2D eigenvalue weighted by Crippen LogP contribution is -2.35. The number of benzene rings is 1. The van der Waals surface area contributed by atoms with Crippen LogP contribution in [0.15, 0.2) is 24.3 Å². The van der Waals surface area contributed by atoms with Crippen molar-refractivity contribution in [3.8, 4) is 0 Å². The van der Waals surface area contributed by atoms with Gasteiger partial charge in [-0.3, -0.25) is 9.59 Å². The zero-order valence-electron chi connectivity index (χ0n) is 12.4. The zero-order chi connectivity index (χ0) is 14.7. The van der Waals surface area contributed by atoms with Crippen LogP contribution in [0.4, 0.5) is 0 Å². The summed E-state index contributed by atoms with van der Waals surface area (Å²) in [5, 5.41) is 0. The summed E-state index contributed by atoms with van der Waals surface area (Å²) in [6.45, 7) is 5.90. The number of Topliss-reactive ketones (excluding diaryl/α,β-unsaturated/α-hetero) is 1. The summed E-state index contributed by atoms with van der Waals surface area (Å²) >= 11 is 0. The molecule has 0 saturated heterocycles. The molecule has 1 aliphatic rings. The standard InChI is InChI=1S/C17H22O3/c1-4-20-17(19)15(11(2)3)16(18)14-9-12-7-5-6-8-13(12)10-14/h5-8,11,14-15H,4,9-10H2,1-3H3. The van der Waals surface area contributed by atoms with Crippen LogP contribution in [0.25, 0.3) is 0 Å². The highest BCUT2D eigenvalue weighted by molar-refractivity contribution is 6.00. The molecule has 0 heterocycles. The van der Waals surface area contributed by atoms with E-state index in [9.17, 15) is 9.59 Å². The number of ketones is 1. The van der Waals surface area contributed by atoms with Crippen molar-refractivity contribution < 1.29 is 14.3 Å². The van der Waals surface area contributed by atoms with E-state index in [2.05, 4.69) is 12.1 Å². The summed E-state index contributed by atoms with van der Waals surface area (Å²) in [6.07, 6.45) is 1.50. The number of hydrogen-bond donors (Lipinski definition) is 0. The van der Waals surface area contributed by atoms with Crippen LogP contribution in [0.3, 0.4) is 0 Å². The number of carbonyl (C=O) groups is 2. The van der Waals surface area contributed by atoms with Crippen LogP contribution < -0.4 is 0 Å². The highest BCUT2D eigenvalue weighted by Crippen LogP contribution is 2.30. The number of hydrogen-bond acceptors (Lipinski definition) is 3. The number of ether oxygens (including phenoxy) is 1. The summed E-state index contributed by atoms with van der Waals surface area (Å²) in [4.78, 5) is 24.7. The first-order chi connectivity index (χ1) is 9.54. The highest BCUT2D eigenvalue weighted by Gasteiger charge is 2.38. The van der Waals surface area contributed by atoms with Crippen molar-refractivity contribution in [3.05, 3.63) is 35.4 Å². The summed E-state index contributed by atoms with van der Waals surface area (Å²) in [7, 11) is 0. The molecule has 1 unspecified atom stereocenters. The van der Waals surface area contributed by atoms with Crippen LogP contribution in [0.1, 0.15) is 31.9 Å². The second-order valence-electron chi connectivity index (χ2n) is 5.75. The molecule has 3 nitrogen and oxygen atoms in total. The first-order valence-electron chi connectivity index (χ1n) is 7.31. The molecule has 0 radical (unpaired) electrons. The molecule has 20 heavy (non-hydrogen) atoms. The summed E-state index contributed by atoms with van der Waals surface area (Å²) < 4.78 is 5.06. The van der Waals surface area contributed by atoms with Crippen LogP contribution in [-0.4, -0.2) is 18.4 Å². The van der Waals surface area contributed by atoms with Gasteiger partial charge in [0.2, 0.25) is 0 Å². The van der Waals surface area contributed by atoms with Crippen molar-refractivity contribution in [2.75, 3.05) is 6.61 Å². The number of fused-ring (bicyclic) bond motifs is 1. The van der Waals surface area contributed by atoms with Crippen LogP contribution in [0, 0.1) is 17.8 Å². The third kappa shape index (κ3) is 2.92. The average molecular weight is 274 g/mol. The van der Waals surface area contributed by atoms with Gasteiger partial charge in [0.1, 0.15) is 5.92 Å². The third-order valence-electron chi connectivity index (χ3n) is 3.97.